The molecule has 4 nitrogen and oxygen atoms in total. The van der Waals surface area contributed by atoms with E-state index in [1.54, 1.807) is 54.6 Å². The van der Waals surface area contributed by atoms with Gasteiger partial charge in [-0.05, 0) is 64.5 Å². The number of carbonyl (C=O) groups excluding carboxylic acids is 1. The Hall–Kier alpha value is -2.70. The van der Waals surface area contributed by atoms with Crippen LogP contribution in [0.25, 0.3) is 22.6 Å². The van der Waals surface area contributed by atoms with Gasteiger partial charge in [-0.1, -0.05) is 23.7 Å². The minimum atomic E-state index is -0.411. The minimum absolute atomic E-state index is 0.188. The molecule has 0 saturated carbocycles. The van der Waals surface area contributed by atoms with Gasteiger partial charge in [-0.25, -0.2) is 9.37 Å². The lowest BCUT2D eigenvalue weighted by Crippen LogP contribution is -2.11. The molecule has 0 aliphatic rings. The van der Waals surface area contributed by atoms with Crippen LogP contribution in [0.5, 0.6) is 0 Å². The normalized spacial score (nSPS) is 10.9. The van der Waals surface area contributed by atoms with Gasteiger partial charge in [-0.3, -0.25) is 4.79 Å². The molecular weight excluding hydrogens is 435 g/mol. The number of anilines is 1. The number of hydrogen-bond acceptors (Lipinski definition) is 3. The molecule has 4 aromatic rings. The second-order valence-corrected chi connectivity index (χ2v) is 7.03. The number of oxazole rings is 1. The predicted octanol–water partition coefficient (Wildman–Crippen LogP) is 6.30. The summed E-state index contributed by atoms with van der Waals surface area (Å²) in [5.74, 6) is -0.511. The fraction of sp³-hybridized carbons (Fsp3) is 0. The van der Waals surface area contributed by atoms with Crippen molar-refractivity contribution in [2.75, 3.05) is 5.32 Å². The minimum Gasteiger partial charge on any atom is -0.436 e. The van der Waals surface area contributed by atoms with Gasteiger partial charge in [-0.15, -0.1) is 0 Å². The molecule has 0 bridgehead atoms. The zero-order chi connectivity index (χ0) is 19.0. The molecule has 0 aliphatic carbocycles. The van der Waals surface area contributed by atoms with Gasteiger partial charge in [0, 0.05) is 15.7 Å². The first-order valence-corrected chi connectivity index (χ1v) is 9.10. The van der Waals surface area contributed by atoms with Crippen LogP contribution in [0.4, 0.5) is 10.1 Å². The number of nitrogens with zero attached hydrogens (tertiary/aromatic N) is 1. The molecule has 0 aliphatic heterocycles. The maximum Gasteiger partial charge on any atom is 0.255 e. The summed E-state index contributed by atoms with van der Waals surface area (Å²) in [6, 6.07) is 16.2. The summed E-state index contributed by atoms with van der Waals surface area (Å²) in [5, 5.41) is 3.32. The molecular formula is C20H11BrClFN2O2. The van der Waals surface area contributed by atoms with Crippen LogP contribution < -0.4 is 5.32 Å². The second kappa shape index (κ2) is 7.13. The number of nitrogens with one attached hydrogen (secondary N) is 1. The van der Waals surface area contributed by atoms with Crippen molar-refractivity contribution in [3.05, 3.63) is 81.5 Å². The number of aromatic nitrogens is 1. The Labute approximate surface area is 167 Å². The highest BCUT2D eigenvalue weighted by atomic mass is 79.9. The summed E-state index contributed by atoms with van der Waals surface area (Å²) in [4.78, 5) is 16.7. The van der Waals surface area contributed by atoms with Gasteiger partial charge in [0.2, 0.25) is 5.89 Å². The molecule has 7 heteroatoms. The Morgan fingerprint density at radius 1 is 1.11 bits per heavy atom. The standard InChI is InChI=1S/C20H11BrClFN2O2/c21-14-9-11(5-7-15(14)22)19(26)24-12-6-8-18-17(10-12)25-20(27-18)13-3-1-2-4-16(13)23/h1-10H,(H,24,26). The van der Waals surface area contributed by atoms with Gasteiger partial charge in [0.15, 0.2) is 5.58 Å². The van der Waals surface area contributed by atoms with E-state index in [-0.39, 0.29) is 17.4 Å². The van der Waals surface area contributed by atoms with Gasteiger partial charge in [0.1, 0.15) is 11.3 Å². The Kier molecular flexibility index (Phi) is 4.68. The average Bonchev–Trinajstić information content (AvgIpc) is 3.07. The summed E-state index contributed by atoms with van der Waals surface area (Å²) >= 11 is 9.25. The van der Waals surface area contributed by atoms with Crippen molar-refractivity contribution in [2.24, 2.45) is 0 Å². The van der Waals surface area contributed by atoms with Gasteiger partial charge < -0.3 is 9.73 Å². The van der Waals surface area contributed by atoms with E-state index in [4.69, 9.17) is 16.0 Å². The van der Waals surface area contributed by atoms with E-state index in [0.29, 0.717) is 31.8 Å². The number of amides is 1. The fourth-order valence-electron chi connectivity index (χ4n) is 2.60. The highest BCUT2D eigenvalue weighted by molar-refractivity contribution is 9.10. The molecule has 27 heavy (non-hydrogen) atoms. The van der Waals surface area contributed by atoms with E-state index in [1.165, 1.54) is 6.07 Å². The molecule has 0 spiro atoms. The number of hydrogen-bond donors (Lipinski definition) is 1. The molecule has 3 aromatic carbocycles. The smallest absolute Gasteiger partial charge is 0.255 e. The third kappa shape index (κ3) is 3.59. The van der Waals surface area contributed by atoms with Crippen LogP contribution in [-0.4, -0.2) is 10.9 Å². The van der Waals surface area contributed by atoms with E-state index < -0.39 is 5.82 Å². The van der Waals surface area contributed by atoms with Crippen LogP contribution in [0.15, 0.2) is 69.6 Å². The van der Waals surface area contributed by atoms with Crippen LogP contribution in [0.3, 0.4) is 0 Å². The van der Waals surface area contributed by atoms with Crippen molar-refractivity contribution >= 4 is 50.2 Å². The lowest BCUT2D eigenvalue weighted by atomic mass is 10.2. The van der Waals surface area contributed by atoms with Crippen molar-refractivity contribution in [2.45, 2.75) is 0 Å². The lowest BCUT2D eigenvalue weighted by Gasteiger charge is -2.06. The summed E-state index contributed by atoms with van der Waals surface area (Å²) in [7, 11) is 0. The Morgan fingerprint density at radius 2 is 1.93 bits per heavy atom. The molecule has 4 rings (SSSR count). The molecule has 0 saturated heterocycles. The SMILES string of the molecule is O=C(Nc1ccc2oc(-c3ccccc3F)nc2c1)c1ccc(Cl)c(Br)c1. The number of rotatable bonds is 3. The quantitative estimate of drug-likeness (QED) is 0.402. The first kappa shape index (κ1) is 17.7. The largest absolute Gasteiger partial charge is 0.436 e. The van der Waals surface area contributed by atoms with Crippen molar-refractivity contribution < 1.29 is 13.6 Å². The number of halogens is 3. The first-order valence-electron chi connectivity index (χ1n) is 7.93. The van der Waals surface area contributed by atoms with E-state index >= 15 is 0 Å². The highest BCUT2D eigenvalue weighted by Gasteiger charge is 2.14. The highest BCUT2D eigenvalue weighted by Crippen LogP contribution is 2.28. The van der Waals surface area contributed by atoms with Gasteiger partial charge in [0.25, 0.3) is 5.91 Å². The number of carbonyl (C=O) groups is 1. The third-order valence-electron chi connectivity index (χ3n) is 3.93. The van der Waals surface area contributed by atoms with Crippen LogP contribution >= 0.6 is 27.5 Å². The zero-order valence-electron chi connectivity index (χ0n) is 13.7. The third-order valence-corrected chi connectivity index (χ3v) is 5.15. The van der Waals surface area contributed by atoms with Crippen molar-refractivity contribution in [1.29, 1.82) is 0 Å². The van der Waals surface area contributed by atoms with Gasteiger partial charge >= 0.3 is 0 Å². The maximum atomic E-state index is 13.9. The lowest BCUT2D eigenvalue weighted by molar-refractivity contribution is 0.102. The summed E-state index contributed by atoms with van der Waals surface area (Å²) in [6.07, 6.45) is 0. The second-order valence-electron chi connectivity index (χ2n) is 5.76. The van der Waals surface area contributed by atoms with Crippen LogP contribution in [0.1, 0.15) is 10.4 Å². The molecule has 0 fully saturated rings. The Balaban J connectivity index is 1.62. The molecule has 0 radical (unpaired) electrons. The molecule has 1 N–H and O–H groups in total. The maximum absolute atomic E-state index is 13.9. The number of fused-ring (bicyclic) bond motifs is 1. The summed E-state index contributed by atoms with van der Waals surface area (Å²) < 4.78 is 20.2. The monoisotopic (exact) mass is 444 g/mol. The molecule has 1 aromatic heterocycles. The van der Waals surface area contributed by atoms with E-state index in [9.17, 15) is 9.18 Å². The van der Waals surface area contributed by atoms with Crippen LogP contribution in [-0.2, 0) is 0 Å². The molecule has 1 amide bonds. The fourth-order valence-corrected chi connectivity index (χ4v) is 3.09. The van der Waals surface area contributed by atoms with E-state index in [1.807, 2.05) is 0 Å². The van der Waals surface area contributed by atoms with Crippen molar-refractivity contribution in [1.82, 2.24) is 4.98 Å². The van der Waals surface area contributed by atoms with Crippen molar-refractivity contribution in [3.8, 4) is 11.5 Å². The van der Waals surface area contributed by atoms with E-state index in [0.717, 1.165) is 0 Å². The topological polar surface area (TPSA) is 55.1 Å². The summed E-state index contributed by atoms with van der Waals surface area (Å²) in [5.41, 5.74) is 2.31. The Morgan fingerprint density at radius 3 is 2.70 bits per heavy atom. The summed E-state index contributed by atoms with van der Waals surface area (Å²) in [6.45, 7) is 0. The van der Waals surface area contributed by atoms with Gasteiger partial charge in [-0.2, -0.15) is 0 Å². The molecule has 134 valence electrons. The van der Waals surface area contributed by atoms with Gasteiger partial charge in [0.05, 0.1) is 10.6 Å². The van der Waals surface area contributed by atoms with E-state index in [2.05, 4.69) is 26.2 Å². The van der Waals surface area contributed by atoms with Crippen LogP contribution in [0.2, 0.25) is 5.02 Å². The Bertz CT molecular complexity index is 1180. The zero-order valence-corrected chi connectivity index (χ0v) is 16.0. The molecule has 1 heterocycles. The first-order chi connectivity index (χ1) is 13.0. The predicted molar refractivity (Wildman–Crippen MR) is 107 cm³/mol. The van der Waals surface area contributed by atoms with Crippen LogP contribution in [0, 0.1) is 5.82 Å². The average molecular weight is 446 g/mol. The molecule has 0 unspecified atom stereocenters. The molecule has 0 atom stereocenters. The van der Waals surface area contributed by atoms with Crippen molar-refractivity contribution in [3.63, 3.8) is 0 Å². The number of benzene rings is 3.